The van der Waals surface area contributed by atoms with Crippen LogP contribution in [0.2, 0.25) is 0 Å². The van der Waals surface area contributed by atoms with Crippen LogP contribution in [0.25, 0.3) is 0 Å². The van der Waals surface area contributed by atoms with E-state index in [4.69, 9.17) is 14.4 Å². The van der Waals surface area contributed by atoms with Gasteiger partial charge in [-0.05, 0) is 6.42 Å². The van der Waals surface area contributed by atoms with Crippen LogP contribution in [0.5, 0.6) is 0 Å². The van der Waals surface area contributed by atoms with Crippen LogP contribution in [0.4, 0.5) is 0 Å². The minimum atomic E-state index is -4.61. The lowest BCUT2D eigenvalue weighted by atomic mass is 10.4. The van der Waals surface area contributed by atoms with E-state index in [0.717, 1.165) is 0 Å². The van der Waals surface area contributed by atoms with Crippen molar-refractivity contribution >= 4 is 15.0 Å². The molecule has 0 amide bonds. The third-order valence-corrected chi connectivity index (χ3v) is 1.21. The monoisotopic (exact) mass is 166 g/mol. The summed E-state index contributed by atoms with van der Waals surface area (Å²) in [5.41, 5.74) is 0. The van der Waals surface area contributed by atoms with Gasteiger partial charge < -0.3 is 18.8 Å². The summed E-state index contributed by atoms with van der Waals surface area (Å²) in [6, 6.07) is 0. The average molecular weight is 166 g/mol. The molecule has 0 aromatic carbocycles. The molecule has 60 valence electrons. The van der Waals surface area contributed by atoms with Crippen molar-refractivity contribution in [3.8, 4) is 0 Å². The Morgan fingerprint density at radius 1 is 1.50 bits per heavy atom. The zero-order valence-corrected chi connectivity index (χ0v) is 6.57. The number of carbonyl (C=O) groups is 1. The summed E-state index contributed by atoms with van der Waals surface area (Å²) in [4.78, 5) is 35.1. The van der Waals surface area contributed by atoms with Crippen LogP contribution in [0.1, 0.15) is 19.8 Å². The van der Waals surface area contributed by atoms with E-state index in [0.29, 0.717) is 6.42 Å². The van der Waals surface area contributed by atoms with Crippen molar-refractivity contribution in [2.24, 2.45) is 0 Å². The van der Waals surface area contributed by atoms with Gasteiger partial charge >= 0.3 is 9.05 Å². The summed E-state index contributed by atoms with van der Waals surface area (Å²) in [6.45, 7) is 1.73. The van der Waals surface area contributed by atoms with Gasteiger partial charge in [0.2, 0.25) is 0 Å². The molecule has 0 heterocycles. The van der Waals surface area contributed by atoms with E-state index >= 15 is 0 Å². The molecule has 0 aromatic heterocycles. The highest BCUT2D eigenvalue weighted by atomic mass is 28.4. The molecule has 0 unspecified atom stereocenters. The fourth-order valence-electron chi connectivity index (χ4n) is 0.408. The van der Waals surface area contributed by atoms with Gasteiger partial charge in [0.1, 0.15) is 0 Å². The molecule has 0 radical (unpaired) electrons. The smallest absolute Gasteiger partial charge is 0.452 e. The van der Waals surface area contributed by atoms with Crippen LogP contribution in [0, 0.1) is 0 Å². The average Bonchev–Trinajstić information content (AvgIpc) is 1.59. The summed E-state index contributed by atoms with van der Waals surface area (Å²) in [6.07, 6.45) is 0.625. The number of hydrogen-bond acceptors (Lipinski definition) is 5. The van der Waals surface area contributed by atoms with Gasteiger partial charge in [-0.2, -0.15) is 0 Å². The molecular formula is C4H10O5Si. The second kappa shape index (κ2) is 3.67. The largest absolute Gasteiger partial charge is 0.743 e. The molecule has 0 aliphatic heterocycles. The van der Waals surface area contributed by atoms with E-state index in [9.17, 15) is 4.79 Å². The molecule has 0 fully saturated rings. The first-order valence-corrected chi connectivity index (χ1v) is 4.59. The molecule has 6 heteroatoms. The van der Waals surface area contributed by atoms with E-state index in [1.54, 1.807) is 6.92 Å². The van der Waals surface area contributed by atoms with Gasteiger partial charge in [0.15, 0.2) is 0 Å². The van der Waals surface area contributed by atoms with Crippen molar-refractivity contribution in [1.29, 1.82) is 0 Å². The lowest BCUT2D eigenvalue weighted by Gasteiger charge is -2.08. The molecule has 0 saturated carbocycles. The quantitative estimate of drug-likeness (QED) is 0.456. The van der Waals surface area contributed by atoms with Gasteiger partial charge in [-0.25, -0.2) is 0 Å². The van der Waals surface area contributed by atoms with E-state index in [1.807, 2.05) is 0 Å². The minimum Gasteiger partial charge on any atom is -0.452 e. The summed E-state index contributed by atoms with van der Waals surface area (Å²) >= 11 is 0. The van der Waals surface area contributed by atoms with Gasteiger partial charge in [0.25, 0.3) is 5.97 Å². The Balaban J connectivity index is 3.58. The number of carbonyl (C=O) groups excluding carboxylic acids is 1. The SMILES string of the molecule is CCCC(=O)O[Si](O)(O)O. The van der Waals surface area contributed by atoms with Crippen LogP contribution in [-0.4, -0.2) is 29.4 Å². The first-order chi connectivity index (χ1) is 4.45. The normalized spacial score (nSPS) is 11.2. The van der Waals surface area contributed by atoms with E-state index in [-0.39, 0.29) is 6.42 Å². The standard InChI is InChI=1S/C4H10O5Si/c1-2-3-4(5)9-10(6,7)8/h6-8H,2-3H2,1H3. The zero-order valence-electron chi connectivity index (χ0n) is 5.57. The molecule has 10 heavy (non-hydrogen) atoms. The maximum atomic E-state index is 10.4. The van der Waals surface area contributed by atoms with E-state index < -0.39 is 15.0 Å². The van der Waals surface area contributed by atoms with Gasteiger partial charge in [0.05, 0.1) is 0 Å². The molecule has 0 bridgehead atoms. The number of rotatable bonds is 3. The molecule has 5 nitrogen and oxygen atoms in total. The van der Waals surface area contributed by atoms with Crippen LogP contribution in [0.3, 0.4) is 0 Å². The van der Waals surface area contributed by atoms with Gasteiger partial charge in [-0.15, -0.1) is 0 Å². The first kappa shape index (κ1) is 9.57. The Bertz CT molecular complexity index is 117. The molecule has 3 N–H and O–H groups in total. The second-order valence-electron chi connectivity index (χ2n) is 1.80. The molecule has 0 atom stereocenters. The van der Waals surface area contributed by atoms with Crippen LogP contribution >= 0.6 is 0 Å². The minimum absolute atomic E-state index is 0.0798. The zero-order chi connectivity index (χ0) is 8.20. The van der Waals surface area contributed by atoms with Crippen LogP contribution < -0.4 is 0 Å². The predicted octanol–water partition coefficient (Wildman–Crippen LogP) is -1.26. The fraction of sp³-hybridized carbons (Fsp3) is 0.750. The Kier molecular flexibility index (Phi) is 3.51. The third-order valence-electron chi connectivity index (χ3n) is 0.705. The molecule has 0 saturated heterocycles. The Morgan fingerprint density at radius 3 is 2.30 bits per heavy atom. The topological polar surface area (TPSA) is 87.0 Å². The predicted molar refractivity (Wildman–Crippen MR) is 33.4 cm³/mol. The van der Waals surface area contributed by atoms with Crippen molar-refractivity contribution in [3.05, 3.63) is 0 Å². The summed E-state index contributed by atoms with van der Waals surface area (Å²) in [5.74, 6) is -0.790. The van der Waals surface area contributed by atoms with Crippen molar-refractivity contribution in [3.63, 3.8) is 0 Å². The molecule has 0 aromatic rings. The van der Waals surface area contributed by atoms with Crippen molar-refractivity contribution in [1.82, 2.24) is 0 Å². The lowest BCUT2D eigenvalue weighted by Crippen LogP contribution is -2.41. The number of hydrogen-bond donors (Lipinski definition) is 3. The molecule has 0 spiro atoms. The van der Waals surface area contributed by atoms with Crippen molar-refractivity contribution in [2.45, 2.75) is 19.8 Å². The van der Waals surface area contributed by atoms with E-state index in [1.165, 1.54) is 0 Å². The first-order valence-electron chi connectivity index (χ1n) is 2.84. The van der Waals surface area contributed by atoms with Gasteiger partial charge in [-0.1, -0.05) is 6.92 Å². The van der Waals surface area contributed by atoms with Gasteiger partial charge in [-0.3, -0.25) is 4.79 Å². The van der Waals surface area contributed by atoms with Gasteiger partial charge in [0, 0.05) is 6.42 Å². The summed E-state index contributed by atoms with van der Waals surface area (Å²) < 4.78 is 3.84. The maximum Gasteiger partial charge on any atom is 0.743 e. The van der Waals surface area contributed by atoms with Crippen LogP contribution in [0.15, 0.2) is 0 Å². The van der Waals surface area contributed by atoms with Crippen molar-refractivity contribution in [2.75, 3.05) is 0 Å². The Labute approximate surface area is 59.4 Å². The molecule has 0 rings (SSSR count). The summed E-state index contributed by atoms with van der Waals surface area (Å²) in [7, 11) is -4.61. The lowest BCUT2D eigenvalue weighted by molar-refractivity contribution is -0.140. The molecular weight excluding hydrogens is 156 g/mol. The van der Waals surface area contributed by atoms with Crippen LogP contribution in [-0.2, 0) is 9.22 Å². The second-order valence-corrected chi connectivity index (χ2v) is 3.15. The highest BCUT2D eigenvalue weighted by Gasteiger charge is 2.35. The highest BCUT2D eigenvalue weighted by molar-refractivity contribution is 6.50. The fourth-order valence-corrected chi connectivity index (χ4v) is 0.815. The van der Waals surface area contributed by atoms with E-state index in [2.05, 4.69) is 4.43 Å². The molecule has 0 aliphatic carbocycles. The molecule has 0 aliphatic rings. The Hall–Kier alpha value is -0.433. The van der Waals surface area contributed by atoms with Crippen molar-refractivity contribution < 1.29 is 23.6 Å². The summed E-state index contributed by atoms with van der Waals surface area (Å²) in [5, 5.41) is 0. The highest BCUT2D eigenvalue weighted by Crippen LogP contribution is 1.95. The maximum absolute atomic E-state index is 10.4. The third kappa shape index (κ3) is 5.70. The Morgan fingerprint density at radius 2 is 2.00 bits per heavy atom.